The van der Waals surface area contributed by atoms with Crippen molar-refractivity contribution in [2.24, 2.45) is 10.7 Å². The van der Waals surface area contributed by atoms with Crippen molar-refractivity contribution in [3.05, 3.63) is 35.4 Å². The molecule has 134 valence electrons. The highest BCUT2D eigenvalue weighted by atomic mass is 16.5. The highest BCUT2D eigenvalue weighted by molar-refractivity contribution is 5.78. The molecule has 1 heterocycles. The molecule has 1 atom stereocenters. The third-order valence-electron chi connectivity index (χ3n) is 4.23. The van der Waals surface area contributed by atoms with Gasteiger partial charge in [0.2, 0.25) is 0 Å². The summed E-state index contributed by atoms with van der Waals surface area (Å²) in [5.74, 6) is 0.440. The van der Waals surface area contributed by atoms with Gasteiger partial charge in [-0.05, 0) is 30.9 Å². The zero-order chi connectivity index (χ0) is 17.4. The second-order valence-electron chi connectivity index (χ2n) is 6.53. The maximum atomic E-state index is 9.56. The normalized spacial score (nSPS) is 18.5. The van der Waals surface area contributed by atoms with Crippen molar-refractivity contribution in [3.63, 3.8) is 0 Å². The molecular formula is C18H30N4O2. The van der Waals surface area contributed by atoms with Crippen molar-refractivity contribution >= 4 is 5.96 Å². The minimum atomic E-state index is -0.118. The lowest BCUT2D eigenvalue weighted by molar-refractivity contribution is 0.0792. The van der Waals surface area contributed by atoms with Gasteiger partial charge >= 0.3 is 0 Å². The molecule has 0 saturated carbocycles. The van der Waals surface area contributed by atoms with E-state index in [0.29, 0.717) is 19.1 Å². The SMILES string of the molecule is COCC(C)NC(N)=NCc1ccc(CN2CCC(O)CC2)cc1. The van der Waals surface area contributed by atoms with Crippen LogP contribution in [0.4, 0.5) is 0 Å². The number of methoxy groups -OCH3 is 1. The summed E-state index contributed by atoms with van der Waals surface area (Å²) in [4.78, 5) is 6.75. The van der Waals surface area contributed by atoms with Crippen LogP contribution in [0.25, 0.3) is 0 Å². The number of benzene rings is 1. The van der Waals surface area contributed by atoms with Crippen molar-refractivity contribution in [2.45, 2.75) is 45.0 Å². The number of piperidine rings is 1. The van der Waals surface area contributed by atoms with E-state index in [0.717, 1.165) is 38.0 Å². The van der Waals surface area contributed by atoms with E-state index in [-0.39, 0.29) is 12.1 Å². The Labute approximate surface area is 144 Å². The molecule has 1 aliphatic rings. The maximum absolute atomic E-state index is 9.56. The Balaban J connectivity index is 1.79. The molecule has 4 N–H and O–H groups in total. The first kappa shape index (κ1) is 18.7. The van der Waals surface area contributed by atoms with Crippen LogP contribution in [0.5, 0.6) is 0 Å². The monoisotopic (exact) mass is 334 g/mol. The molecule has 6 nitrogen and oxygen atoms in total. The quantitative estimate of drug-likeness (QED) is 0.513. The van der Waals surface area contributed by atoms with Crippen molar-refractivity contribution in [1.29, 1.82) is 0 Å². The van der Waals surface area contributed by atoms with Gasteiger partial charge in [-0.2, -0.15) is 0 Å². The van der Waals surface area contributed by atoms with Crippen molar-refractivity contribution < 1.29 is 9.84 Å². The highest BCUT2D eigenvalue weighted by Crippen LogP contribution is 2.14. The number of rotatable bonds is 7. The molecule has 0 spiro atoms. The number of aliphatic hydroxyl groups is 1. The molecule has 0 radical (unpaired) electrons. The summed E-state index contributed by atoms with van der Waals surface area (Å²) in [6, 6.07) is 8.64. The fourth-order valence-electron chi connectivity index (χ4n) is 2.85. The minimum Gasteiger partial charge on any atom is -0.393 e. The number of nitrogens with zero attached hydrogens (tertiary/aromatic N) is 2. The van der Waals surface area contributed by atoms with Gasteiger partial charge in [-0.15, -0.1) is 0 Å². The Morgan fingerprint density at radius 3 is 2.58 bits per heavy atom. The second-order valence-corrected chi connectivity index (χ2v) is 6.53. The van der Waals surface area contributed by atoms with Crippen LogP contribution in [-0.4, -0.2) is 54.9 Å². The van der Waals surface area contributed by atoms with Crippen LogP contribution in [-0.2, 0) is 17.8 Å². The fourth-order valence-corrected chi connectivity index (χ4v) is 2.85. The molecular weight excluding hydrogens is 304 g/mol. The Bertz CT molecular complexity index is 510. The molecule has 0 amide bonds. The first-order chi connectivity index (χ1) is 11.6. The molecule has 1 fully saturated rings. The highest BCUT2D eigenvalue weighted by Gasteiger charge is 2.16. The number of ether oxygens (including phenoxy) is 1. The zero-order valence-electron chi connectivity index (χ0n) is 14.7. The van der Waals surface area contributed by atoms with Gasteiger partial charge in [0.15, 0.2) is 5.96 Å². The van der Waals surface area contributed by atoms with Gasteiger partial charge in [-0.1, -0.05) is 24.3 Å². The third-order valence-corrected chi connectivity index (χ3v) is 4.23. The molecule has 2 rings (SSSR count). The average molecular weight is 334 g/mol. The smallest absolute Gasteiger partial charge is 0.189 e. The lowest BCUT2D eigenvalue weighted by Gasteiger charge is -2.29. The van der Waals surface area contributed by atoms with E-state index in [1.807, 2.05) is 6.92 Å². The summed E-state index contributed by atoms with van der Waals surface area (Å²) in [6.45, 7) is 6.03. The van der Waals surface area contributed by atoms with E-state index in [4.69, 9.17) is 10.5 Å². The number of nitrogens with one attached hydrogen (secondary N) is 1. The number of likely N-dealkylation sites (tertiary alicyclic amines) is 1. The molecule has 0 bridgehead atoms. The van der Waals surface area contributed by atoms with Crippen LogP contribution in [0.3, 0.4) is 0 Å². The van der Waals surface area contributed by atoms with E-state index in [2.05, 4.69) is 39.5 Å². The Morgan fingerprint density at radius 2 is 1.96 bits per heavy atom. The van der Waals surface area contributed by atoms with E-state index >= 15 is 0 Å². The van der Waals surface area contributed by atoms with E-state index in [1.165, 1.54) is 5.56 Å². The van der Waals surface area contributed by atoms with Gasteiger partial charge in [-0.25, -0.2) is 4.99 Å². The average Bonchev–Trinajstić information content (AvgIpc) is 2.56. The van der Waals surface area contributed by atoms with E-state index in [1.54, 1.807) is 7.11 Å². The molecule has 24 heavy (non-hydrogen) atoms. The van der Waals surface area contributed by atoms with Crippen molar-refractivity contribution in [2.75, 3.05) is 26.8 Å². The summed E-state index contributed by atoms with van der Waals surface area (Å²) < 4.78 is 5.06. The number of aliphatic imine (C=N–C) groups is 1. The summed E-state index contributed by atoms with van der Waals surface area (Å²) >= 11 is 0. The molecule has 0 aromatic heterocycles. The standard InChI is InChI=1S/C18H30N4O2/c1-14(13-24-2)21-18(19)20-11-15-3-5-16(6-4-15)12-22-9-7-17(23)8-10-22/h3-6,14,17,23H,7-13H2,1-2H3,(H3,19,20,21). The number of nitrogens with two attached hydrogens (primary N) is 1. The molecule has 1 aromatic rings. The van der Waals surface area contributed by atoms with Crippen LogP contribution < -0.4 is 11.1 Å². The van der Waals surface area contributed by atoms with Gasteiger partial charge in [0, 0.05) is 32.8 Å². The lowest BCUT2D eigenvalue weighted by Crippen LogP contribution is -2.40. The molecule has 1 aromatic carbocycles. The van der Waals surface area contributed by atoms with Crippen LogP contribution in [0, 0.1) is 0 Å². The molecule has 6 heteroatoms. The molecule has 1 unspecified atom stereocenters. The number of aliphatic hydroxyl groups excluding tert-OH is 1. The predicted octanol–water partition coefficient (Wildman–Crippen LogP) is 1.08. The summed E-state index contributed by atoms with van der Waals surface area (Å²) in [6.07, 6.45) is 1.63. The summed E-state index contributed by atoms with van der Waals surface area (Å²) in [5, 5.41) is 12.7. The van der Waals surface area contributed by atoms with E-state index < -0.39 is 0 Å². The molecule has 1 aliphatic heterocycles. The Kier molecular flexibility index (Phi) is 7.49. The third kappa shape index (κ3) is 6.47. The maximum Gasteiger partial charge on any atom is 0.189 e. The number of hydrogen-bond acceptors (Lipinski definition) is 4. The first-order valence-electron chi connectivity index (χ1n) is 8.60. The van der Waals surface area contributed by atoms with Crippen molar-refractivity contribution in [1.82, 2.24) is 10.2 Å². The van der Waals surface area contributed by atoms with Gasteiger partial charge < -0.3 is 20.9 Å². The summed E-state index contributed by atoms with van der Waals surface area (Å²) in [7, 11) is 1.67. The number of hydrogen-bond donors (Lipinski definition) is 3. The van der Waals surface area contributed by atoms with Gasteiger partial charge in [0.1, 0.15) is 0 Å². The second kappa shape index (κ2) is 9.61. The Morgan fingerprint density at radius 1 is 1.33 bits per heavy atom. The first-order valence-corrected chi connectivity index (χ1v) is 8.60. The zero-order valence-corrected chi connectivity index (χ0v) is 14.7. The van der Waals surface area contributed by atoms with Gasteiger partial charge in [0.25, 0.3) is 0 Å². The molecule has 0 aliphatic carbocycles. The molecule has 1 saturated heterocycles. The predicted molar refractivity (Wildman–Crippen MR) is 96.8 cm³/mol. The topological polar surface area (TPSA) is 83.1 Å². The number of guanidine groups is 1. The van der Waals surface area contributed by atoms with Crippen LogP contribution in [0.1, 0.15) is 30.9 Å². The lowest BCUT2D eigenvalue weighted by atomic mass is 10.1. The van der Waals surface area contributed by atoms with Gasteiger partial charge in [0.05, 0.1) is 19.3 Å². The van der Waals surface area contributed by atoms with Crippen LogP contribution >= 0.6 is 0 Å². The summed E-state index contributed by atoms with van der Waals surface area (Å²) in [5.41, 5.74) is 8.30. The fraction of sp³-hybridized carbons (Fsp3) is 0.611. The van der Waals surface area contributed by atoms with Crippen LogP contribution in [0.2, 0.25) is 0 Å². The minimum absolute atomic E-state index is 0.118. The van der Waals surface area contributed by atoms with Crippen LogP contribution in [0.15, 0.2) is 29.3 Å². The van der Waals surface area contributed by atoms with Gasteiger partial charge in [-0.3, -0.25) is 4.90 Å². The largest absolute Gasteiger partial charge is 0.393 e. The Hall–Kier alpha value is -1.63. The van der Waals surface area contributed by atoms with E-state index in [9.17, 15) is 5.11 Å². The van der Waals surface area contributed by atoms with Crippen molar-refractivity contribution in [3.8, 4) is 0 Å².